The lowest BCUT2D eigenvalue weighted by atomic mass is 10.1. The van der Waals surface area contributed by atoms with Gasteiger partial charge >= 0.3 is 5.97 Å². The Morgan fingerprint density at radius 1 is 1.17 bits per heavy atom. The van der Waals surface area contributed by atoms with Crippen LogP contribution in [0.4, 0.5) is 5.69 Å². The van der Waals surface area contributed by atoms with E-state index in [0.29, 0.717) is 39.8 Å². The van der Waals surface area contributed by atoms with Gasteiger partial charge in [-0.05, 0) is 60.5 Å². The molecule has 178 valence electrons. The molecular weight excluding hydrogens is 540 g/mol. The molecule has 0 fully saturated rings. The Morgan fingerprint density at radius 3 is 2.57 bits per heavy atom. The van der Waals surface area contributed by atoms with Gasteiger partial charge in [0.05, 0.1) is 17.1 Å². The topological polar surface area (TPSA) is 100 Å². The third-order valence-corrected chi connectivity index (χ3v) is 5.92. The molecule has 0 atom stereocenters. The van der Waals surface area contributed by atoms with Crippen LogP contribution in [0.2, 0.25) is 5.02 Å². The van der Waals surface area contributed by atoms with Gasteiger partial charge in [0.25, 0.3) is 5.69 Å². The third kappa shape index (κ3) is 5.52. The van der Waals surface area contributed by atoms with Gasteiger partial charge in [0.15, 0.2) is 17.2 Å². The number of ether oxygens (including phenoxy) is 3. The molecule has 0 amide bonds. The number of nitrogens with zero attached hydrogens (tertiary/aromatic N) is 2. The van der Waals surface area contributed by atoms with Gasteiger partial charge in [-0.25, -0.2) is 9.79 Å². The van der Waals surface area contributed by atoms with Crippen LogP contribution in [0.5, 0.6) is 11.5 Å². The van der Waals surface area contributed by atoms with Crippen molar-refractivity contribution in [1.82, 2.24) is 0 Å². The molecule has 3 aromatic rings. The average molecular weight is 558 g/mol. The lowest BCUT2D eigenvalue weighted by molar-refractivity contribution is -0.385. The molecule has 0 radical (unpaired) electrons. The summed E-state index contributed by atoms with van der Waals surface area (Å²) in [6.07, 6.45) is 1.51. The molecule has 1 heterocycles. The number of aryl methyl sites for hydroxylation is 1. The van der Waals surface area contributed by atoms with Gasteiger partial charge in [-0.3, -0.25) is 10.1 Å². The number of benzene rings is 3. The maximum Gasteiger partial charge on any atom is 0.363 e. The fourth-order valence-electron chi connectivity index (χ4n) is 3.38. The van der Waals surface area contributed by atoms with Crippen molar-refractivity contribution >= 4 is 51.2 Å². The highest BCUT2D eigenvalue weighted by molar-refractivity contribution is 9.10. The minimum atomic E-state index is -0.651. The second kappa shape index (κ2) is 10.3. The molecule has 8 nitrogen and oxygen atoms in total. The SMILES string of the molecule is COc1cc(/C=C2\N=C(c3ccc([N+](=O)[O-])c(C)c3)OC2=O)cc(Cl)c1OCc1ccc(Br)cc1. The van der Waals surface area contributed by atoms with Crippen LogP contribution in [0.3, 0.4) is 0 Å². The molecule has 1 aliphatic heterocycles. The van der Waals surface area contributed by atoms with Crippen LogP contribution in [-0.4, -0.2) is 23.9 Å². The second-order valence-corrected chi connectivity index (χ2v) is 8.87. The smallest absolute Gasteiger partial charge is 0.363 e. The first kappa shape index (κ1) is 24.4. The van der Waals surface area contributed by atoms with Crippen LogP contribution in [0, 0.1) is 17.0 Å². The number of methoxy groups -OCH3 is 1. The van der Waals surface area contributed by atoms with Crippen molar-refractivity contribution < 1.29 is 23.9 Å². The highest BCUT2D eigenvalue weighted by Gasteiger charge is 2.25. The third-order valence-electron chi connectivity index (χ3n) is 5.11. The summed E-state index contributed by atoms with van der Waals surface area (Å²) < 4.78 is 17.6. The number of halogens is 2. The first-order valence-corrected chi connectivity index (χ1v) is 11.4. The van der Waals surface area contributed by atoms with E-state index in [2.05, 4.69) is 20.9 Å². The first-order valence-electron chi connectivity index (χ1n) is 10.3. The van der Waals surface area contributed by atoms with Crippen molar-refractivity contribution in [3.05, 3.63) is 102 Å². The Bertz CT molecular complexity index is 1390. The van der Waals surface area contributed by atoms with Gasteiger partial charge in [-0.1, -0.05) is 39.7 Å². The summed E-state index contributed by atoms with van der Waals surface area (Å²) in [6.45, 7) is 1.89. The summed E-state index contributed by atoms with van der Waals surface area (Å²) in [7, 11) is 1.49. The Morgan fingerprint density at radius 2 is 1.91 bits per heavy atom. The zero-order chi connectivity index (χ0) is 25.1. The van der Waals surface area contributed by atoms with Crippen LogP contribution >= 0.6 is 27.5 Å². The predicted octanol–water partition coefficient (Wildman–Crippen LogP) is 6.25. The number of aliphatic imine (C=N–C) groups is 1. The normalized spacial score (nSPS) is 14.0. The molecule has 4 rings (SSSR count). The molecule has 0 bridgehead atoms. The Hall–Kier alpha value is -3.69. The van der Waals surface area contributed by atoms with E-state index >= 15 is 0 Å². The zero-order valence-electron chi connectivity index (χ0n) is 18.6. The molecule has 0 saturated carbocycles. The molecule has 1 aliphatic rings. The number of hydrogen-bond acceptors (Lipinski definition) is 7. The quantitative estimate of drug-likeness (QED) is 0.147. The van der Waals surface area contributed by atoms with Crippen LogP contribution in [0.1, 0.15) is 22.3 Å². The number of carbonyl (C=O) groups is 1. The van der Waals surface area contributed by atoms with E-state index in [9.17, 15) is 14.9 Å². The van der Waals surface area contributed by atoms with Crippen LogP contribution in [0.15, 0.2) is 69.8 Å². The van der Waals surface area contributed by atoms with Crippen molar-refractivity contribution in [1.29, 1.82) is 0 Å². The number of nitro groups is 1. The summed E-state index contributed by atoms with van der Waals surface area (Å²) in [5.74, 6) is 0.176. The van der Waals surface area contributed by atoms with E-state index in [1.807, 2.05) is 24.3 Å². The van der Waals surface area contributed by atoms with E-state index in [1.54, 1.807) is 25.1 Å². The number of hydrogen-bond donors (Lipinski definition) is 0. The van der Waals surface area contributed by atoms with Crippen molar-refractivity contribution in [2.45, 2.75) is 13.5 Å². The standard InChI is InChI=1S/C25H18BrClN2O6/c1-14-9-17(5-8-21(14)29(31)32)24-28-20(25(30)35-24)11-16-10-19(27)23(22(12-16)33-2)34-13-15-3-6-18(26)7-4-15/h3-12H,13H2,1-2H3/b20-11-. The fraction of sp³-hybridized carbons (Fsp3) is 0.120. The first-order chi connectivity index (χ1) is 16.7. The van der Waals surface area contributed by atoms with Crippen molar-refractivity contribution in [3.8, 4) is 11.5 Å². The highest BCUT2D eigenvalue weighted by Crippen LogP contribution is 2.38. The van der Waals surface area contributed by atoms with Gasteiger partial charge in [0.2, 0.25) is 5.90 Å². The molecule has 0 N–H and O–H groups in total. The highest BCUT2D eigenvalue weighted by atomic mass is 79.9. The Kier molecular flexibility index (Phi) is 7.18. The molecule has 3 aromatic carbocycles. The van der Waals surface area contributed by atoms with Gasteiger partial charge < -0.3 is 14.2 Å². The maximum absolute atomic E-state index is 12.4. The summed E-state index contributed by atoms with van der Waals surface area (Å²) in [4.78, 5) is 27.2. The molecule has 10 heteroatoms. The van der Waals surface area contributed by atoms with E-state index in [1.165, 1.54) is 25.3 Å². The van der Waals surface area contributed by atoms with E-state index in [4.69, 9.17) is 25.8 Å². The number of cyclic esters (lactones) is 1. The van der Waals surface area contributed by atoms with E-state index in [-0.39, 0.29) is 17.3 Å². The Labute approximate surface area is 214 Å². The monoisotopic (exact) mass is 556 g/mol. The number of esters is 1. The van der Waals surface area contributed by atoms with Gasteiger partial charge in [0.1, 0.15) is 6.61 Å². The zero-order valence-corrected chi connectivity index (χ0v) is 20.9. The van der Waals surface area contributed by atoms with Gasteiger partial charge in [-0.2, -0.15) is 0 Å². The lowest BCUT2D eigenvalue weighted by Gasteiger charge is -2.13. The van der Waals surface area contributed by atoms with Crippen LogP contribution < -0.4 is 9.47 Å². The van der Waals surface area contributed by atoms with E-state index < -0.39 is 10.9 Å². The second-order valence-electron chi connectivity index (χ2n) is 7.54. The summed E-state index contributed by atoms with van der Waals surface area (Å²) in [6, 6.07) is 15.4. The summed E-state index contributed by atoms with van der Waals surface area (Å²) >= 11 is 9.86. The van der Waals surface area contributed by atoms with Crippen molar-refractivity contribution in [2.24, 2.45) is 4.99 Å². The molecule has 0 aliphatic carbocycles. The van der Waals surface area contributed by atoms with Gasteiger partial charge in [0, 0.05) is 21.7 Å². The van der Waals surface area contributed by atoms with Gasteiger partial charge in [-0.15, -0.1) is 0 Å². The minimum absolute atomic E-state index is 0.0291. The molecular formula is C25H18BrClN2O6. The lowest BCUT2D eigenvalue weighted by Crippen LogP contribution is -2.06. The van der Waals surface area contributed by atoms with E-state index in [0.717, 1.165) is 10.0 Å². The summed E-state index contributed by atoms with van der Waals surface area (Å²) in [5, 5.41) is 11.3. The van der Waals surface area contributed by atoms with Crippen molar-refractivity contribution in [2.75, 3.05) is 7.11 Å². The maximum atomic E-state index is 12.4. The molecule has 0 saturated heterocycles. The number of rotatable bonds is 7. The molecule has 0 unspecified atom stereocenters. The Balaban J connectivity index is 1.58. The minimum Gasteiger partial charge on any atom is -0.493 e. The summed E-state index contributed by atoms with van der Waals surface area (Å²) in [5.41, 5.74) is 2.42. The number of carbonyl (C=O) groups excluding carboxylic acids is 1. The van der Waals surface area contributed by atoms with Crippen LogP contribution in [-0.2, 0) is 16.1 Å². The molecule has 0 spiro atoms. The largest absolute Gasteiger partial charge is 0.493 e. The van der Waals surface area contributed by atoms with Crippen LogP contribution in [0.25, 0.3) is 6.08 Å². The number of nitro benzene ring substituents is 1. The average Bonchev–Trinajstić information content (AvgIpc) is 3.18. The van der Waals surface area contributed by atoms with Crippen molar-refractivity contribution in [3.63, 3.8) is 0 Å². The molecule has 0 aromatic heterocycles. The fourth-order valence-corrected chi connectivity index (χ4v) is 3.92. The predicted molar refractivity (Wildman–Crippen MR) is 135 cm³/mol. The molecule has 35 heavy (non-hydrogen) atoms.